The van der Waals surface area contributed by atoms with Gasteiger partial charge in [-0.15, -0.1) is 5.10 Å². The lowest BCUT2D eigenvalue weighted by molar-refractivity contribution is -0.127. The summed E-state index contributed by atoms with van der Waals surface area (Å²) in [5, 5.41) is 12.9. The van der Waals surface area contributed by atoms with Gasteiger partial charge in [-0.25, -0.2) is 4.68 Å². The summed E-state index contributed by atoms with van der Waals surface area (Å²) in [5.74, 6) is 0.991. The average Bonchev–Trinajstić information content (AvgIpc) is 3.03. The first kappa shape index (κ1) is 19.5. The Morgan fingerprint density at radius 1 is 1.32 bits per heavy atom. The molecule has 0 fully saturated rings. The van der Waals surface area contributed by atoms with Crippen LogP contribution < -0.4 is 4.74 Å². The van der Waals surface area contributed by atoms with Gasteiger partial charge >= 0.3 is 0 Å². The molecule has 1 aromatic carbocycles. The Hall–Kier alpha value is -1.80. The molecule has 0 unspecified atom stereocenters. The Kier molecular flexibility index (Phi) is 6.66. The Morgan fingerprint density at radius 2 is 2.00 bits per heavy atom. The van der Waals surface area contributed by atoms with Crippen molar-refractivity contribution in [3.8, 4) is 5.75 Å². The number of rotatable bonds is 7. The van der Waals surface area contributed by atoms with E-state index < -0.39 is 0 Å². The van der Waals surface area contributed by atoms with Crippen LogP contribution in [0.2, 0.25) is 5.02 Å². The predicted octanol–water partition coefficient (Wildman–Crippen LogP) is 2.71. The normalized spacial score (nSPS) is 11.4. The highest BCUT2D eigenvalue weighted by Crippen LogP contribution is 2.21. The second-order valence-electron chi connectivity index (χ2n) is 6.45. The van der Waals surface area contributed by atoms with E-state index in [0.717, 1.165) is 5.75 Å². The summed E-state index contributed by atoms with van der Waals surface area (Å²) in [6, 6.07) is 7.13. The monoisotopic (exact) mass is 383 g/mol. The quantitative estimate of drug-likeness (QED) is 0.684. The zero-order valence-electron chi connectivity index (χ0n) is 14.8. The van der Waals surface area contributed by atoms with Crippen molar-refractivity contribution in [1.29, 1.82) is 0 Å². The van der Waals surface area contributed by atoms with Crippen LogP contribution in [0.1, 0.15) is 20.8 Å². The first-order valence-electron chi connectivity index (χ1n) is 7.81. The summed E-state index contributed by atoms with van der Waals surface area (Å²) in [7, 11) is 1.75. The Morgan fingerprint density at radius 3 is 2.64 bits per heavy atom. The molecule has 1 amide bonds. The molecule has 0 aliphatic rings. The molecule has 0 saturated carbocycles. The molecule has 1 heterocycles. The smallest absolute Gasteiger partial charge is 0.232 e. The summed E-state index contributed by atoms with van der Waals surface area (Å²) in [5.41, 5.74) is -0.229. The molecular formula is C16H22ClN5O2S. The number of hydrogen-bond acceptors (Lipinski definition) is 6. The van der Waals surface area contributed by atoms with Crippen molar-refractivity contribution in [3.05, 3.63) is 29.3 Å². The Bertz CT molecular complexity index is 699. The van der Waals surface area contributed by atoms with E-state index in [1.54, 1.807) is 40.9 Å². The summed E-state index contributed by atoms with van der Waals surface area (Å²) >= 11 is 7.16. The summed E-state index contributed by atoms with van der Waals surface area (Å²) in [4.78, 5) is 13.9. The van der Waals surface area contributed by atoms with Crippen LogP contribution in [0.15, 0.2) is 29.4 Å². The van der Waals surface area contributed by atoms with Crippen LogP contribution in [-0.4, -0.2) is 57.0 Å². The number of amides is 1. The largest absolute Gasteiger partial charge is 0.492 e. The third-order valence-electron chi connectivity index (χ3n) is 3.34. The van der Waals surface area contributed by atoms with Gasteiger partial charge in [0, 0.05) is 12.1 Å². The van der Waals surface area contributed by atoms with Crippen LogP contribution in [0, 0.1) is 0 Å². The predicted molar refractivity (Wildman–Crippen MR) is 98.1 cm³/mol. The zero-order chi connectivity index (χ0) is 18.4. The van der Waals surface area contributed by atoms with Crippen LogP contribution >= 0.6 is 23.4 Å². The van der Waals surface area contributed by atoms with Gasteiger partial charge in [-0.2, -0.15) is 0 Å². The molecule has 0 bridgehead atoms. The minimum Gasteiger partial charge on any atom is -0.492 e. The molecule has 2 aromatic rings. The van der Waals surface area contributed by atoms with Crippen LogP contribution in [0.25, 0.3) is 0 Å². The van der Waals surface area contributed by atoms with Gasteiger partial charge in [0.25, 0.3) is 0 Å². The highest BCUT2D eigenvalue weighted by Gasteiger charge is 2.21. The first-order valence-corrected chi connectivity index (χ1v) is 9.18. The van der Waals surface area contributed by atoms with Crippen molar-refractivity contribution < 1.29 is 9.53 Å². The van der Waals surface area contributed by atoms with E-state index in [1.165, 1.54) is 11.8 Å². The minimum absolute atomic E-state index is 0.00633. The molecule has 136 valence electrons. The standard InChI is InChI=1S/C16H22ClN5O2S/c1-16(2,3)22-15(18-19-20-22)25-11-14(23)21(4)9-10-24-13-7-5-12(17)6-8-13/h5-8H,9-11H2,1-4H3. The third kappa shape index (κ3) is 5.89. The number of nitrogens with zero attached hydrogens (tertiary/aromatic N) is 5. The van der Waals surface area contributed by atoms with Gasteiger partial charge in [-0.1, -0.05) is 23.4 Å². The SMILES string of the molecule is CN(CCOc1ccc(Cl)cc1)C(=O)CSc1nnnn1C(C)(C)C. The van der Waals surface area contributed by atoms with Crippen molar-refractivity contribution in [2.45, 2.75) is 31.5 Å². The number of benzene rings is 1. The number of thioether (sulfide) groups is 1. The maximum absolute atomic E-state index is 12.2. The molecule has 2 rings (SSSR count). The number of carbonyl (C=O) groups is 1. The van der Waals surface area contributed by atoms with E-state index in [4.69, 9.17) is 16.3 Å². The summed E-state index contributed by atoms with van der Waals surface area (Å²) in [6.07, 6.45) is 0. The highest BCUT2D eigenvalue weighted by atomic mass is 35.5. The van der Waals surface area contributed by atoms with Crippen molar-refractivity contribution in [2.24, 2.45) is 0 Å². The lowest BCUT2D eigenvalue weighted by Crippen LogP contribution is -2.32. The maximum atomic E-state index is 12.2. The number of halogens is 1. The van der Waals surface area contributed by atoms with Gasteiger partial charge in [0.15, 0.2) is 0 Å². The van der Waals surface area contributed by atoms with Gasteiger partial charge in [-0.3, -0.25) is 4.79 Å². The van der Waals surface area contributed by atoms with Crippen LogP contribution in [0.3, 0.4) is 0 Å². The lowest BCUT2D eigenvalue weighted by Gasteiger charge is -2.20. The molecule has 0 N–H and O–H groups in total. The molecule has 7 nitrogen and oxygen atoms in total. The minimum atomic E-state index is -0.229. The Labute approximate surface area is 156 Å². The zero-order valence-corrected chi connectivity index (χ0v) is 16.3. The molecule has 25 heavy (non-hydrogen) atoms. The number of aromatic nitrogens is 4. The van der Waals surface area contributed by atoms with Crippen molar-refractivity contribution in [2.75, 3.05) is 26.0 Å². The summed E-state index contributed by atoms with van der Waals surface area (Å²) in [6.45, 7) is 6.93. The fourth-order valence-corrected chi connectivity index (χ4v) is 3.01. The molecule has 0 atom stereocenters. The molecule has 0 saturated heterocycles. The van der Waals surface area contributed by atoms with E-state index in [0.29, 0.717) is 23.3 Å². The topological polar surface area (TPSA) is 73.1 Å². The summed E-state index contributed by atoms with van der Waals surface area (Å²) < 4.78 is 7.32. The second-order valence-corrected chi connectivity index (χ2v) is 7.83. The number of likely N-dealkylation sites (N-methyl/N-ethyl adjacent to an activating group) is 1. The molecule has 0 radical (unpaired) electrons. The fourth-order valence-electron chi connectivity index (χ4n) is 1.88. The number of tetrazole rings is 1. The van der Waals surface area contributed by atoms with E-state index in [-0.39, 0.29) is 17.2 Å². The van der Waals surface area contributed by atoms with Crippen LogP contribution in [-0.2, 0) is 10.3 Å². The molecule has 9 heteroatoms. The van der Waals surface area contributed by atoms with Crippen molar-refractivity contribution >= 4 is 29.3 Å². The molecule has 0 spiro atoms. The van der Waals surface area contributed by atoms with Gasteiger partial charge in [0.2, 0.25) is 11.1 Å². The second kappa shape index (κ2) is 8.53. The number of carbonyl (C=O) groups excluding carboxylic acids is 1. The Balaban J connectivity index is 1.77. The van der Waals surface area contributed by atoms with E-state index in [9.17, 15) is 4.79 Å². The molecule has 1 aromatic heterocycles. The molecular weight excluding hydrogens is 362 g/mol. The molecule has 0 aliphatic carbocycles. The number of ether oxygens (including phenoxy) is 1. The van der Waals surface area contributed by atoms with Crippen LogP contribution in [0.4, 0.5) is 0 Å². The maximum Gasteiger partial charge on any atom is 0.232 e. The van der Waals surface area contributed by atoms with Gasteiger partial charge < -0.3 is 9.64 Å². The fraction of sp³-hybridized carbons (Fsp3) is 0.500. The third-order valence-corrected chi connectivity index (χ3v) is 4.49. The van der Waals surface area contributed by atoms with E-state index >= 15 is 0 Å². The molecule has 0 aliphatic heterocycles. The van der Waals surface area contributed by atoms with Gasteiger partial charge in [0.05, 0.1) is 17.8 Å². The van der Waals surface area contributed by atoms with Gasteiger partial charge in [0.1, 0.15) is 12.4 Å². The van der Waals surface area contributed by atoms with Crippen molar-refractivity contribution in [3.63, 3.8) is 0 Å². The van der Waals surface area contributed by atoms with E-state index in [2.05, 4.69) is 15.5 Å². The van der Waals surface area contributed by atoms with Crippen LogP contribution in [0.5, 0.6) is 5.75 Å². The lowest BCUT2D eigenvalue weighted by atomic mass is 10.1. The van der Waals surface area contributed by atoms with Gasteiger partial charge in [-0.05, 0) is 55.5 Å². The first-order chi connectivity index (χ1) is 11.8. The van der Waals surface area contributed by atoms with Crippen molar-refractivity contribution in [1.82, 2.24) is 25.1 Å². The van der Waals surface area contributed by atoms with E-state index in [1.807, 2.05) is 20.8 Å². The average molecular weight is 384 g/mol. The number of hydrogen-bond donors (Lipinski definition) is 0. The highest BCUT2D eigenvalue weighted by molar-refractivity contribution is 7.99.